The molecule has 0 amide bonds. The maximum atomic E-state index is 13.5. The summed E-state index contributed by atoms with van der Waals surface area (Å²) in [6.07, 6.45) is 1.33. The number of carbonyl (C=O) groups excluding carboxylic acids is 1. The molecule has 1 aromatic carbocycles. The number of piperidine rings is 1. The second kappa shape index (κ2) is 5.61. The monoisotopic (exact) mass is 249 g/mol. The molecule has 0 spiro atoms. The maximum absolute atomic E-state index is 13.5. The molecule has 18 heavy (non-hydrogen) atoms. The van der Waals surface area contributed by atoms with E-state index in [-0.39, 0.29) is 17.8 Å². The number of halogens is 1. The summed E-state index contributed by atoms with van der Waals surface area (Å²) in [4.78, 5) is 13.9. The van der Waals surface area contributed by atoms with Crippen LogP contribution in [0.3, 0.4) is 0 Å². The van der Waals surface area contributed by atoms with Crippen molar-refractivity contribution >= 4 is 5.78 Å². The van der Waals surface area contributed by atoms with Crippen LogP contribution in [-0.2, 0) is 11.2 Å². The summed E-state index contributed by atoms with van der Waals surface area (Å²) in [6.45, 7) is 5.70. The van der Waals surface area contributed by atoms with E-state index in [2.05, 4.69) is 11.8 Å². The van der Waals surface area contributed by atoms with Gasteiger partial charge in [-0.3, -0.25) is 9.69 Å². The minimum atomic E-state index is -0.133. The Bertz CT molecular complexity index is 432. The smallest absolute Gasteiger partial charge is 0.138 e. The third-order valence-electron chi connectivity index (χ3n) is 4.08. The number of likely N-dealkylation sites (tertiary alicyclic amines) is 1. The van der Waals surface area contributed by atoms with Gasteiger partial charge in [-0.15, -0.1) is 0 Å². The Kier molecular flexibility index (Phi) is 4.12. The quantitative estimate of drug-likeness (QED) is 0.821. The van der Waals surface area contributed by atoms with Crippen LogP contribution in [0, 0.1) is 11.7 Å². The Morgan fingerprint density at radius 2 is 2.06 bits per heavy atom. The Balaban J connectivity index is 1.95. The Morgan fingerprint density at radius 1 is 1.33 bits per heavy atom. The van der Waals surface area contributed by atoms with Gasteiger partial charge in [0, 0.05) is 31.5 Å². The summed E-state index contributed by atoms with van der Waals surface area (Å²) in [7, 11) is 0. The molecule has 2 unspecified atom stereocenters. The summed E-state index contributed by atoms with van der Waals surface area (Å²) in [5.74, 6) is 0.315. The molecular weight excluding hydrogens is 229 g/mol. The molecule has 1 aliphatic rings. The highest BCUT2D eigenvalue weighted by Gasteiger charge is 2.30. The van der Waals surface area contributed by atoms with Gasteiger partial charge in [0.25, 0.3) is 0 Å². The highest BCUT2D eigenvalue weighted by atomic mass is 19.1. The van der Waals surface area contributed by atoms with Crippen LogP contribution in [0.2, 0.25) is 0 Å². The van der Waals surface area contributed by atoms with Crippen molar-refractivity contribution in [2.24, 2.45) is 5.92 Å². The molecule has 1 fully saturated rings. The van der Waals surface area contributed by atoms with Crippen molar-refractivity contribution in [1.29, 1.82) is 0 Å². The molecule has 1 aromatic rings. The van der Waals surface area contributed by atoms with Gasteiger partial charge in [0.2, 0.25) is 0 Å². The minimum Gasteiger partial charge on any atom is -0.299 e. The summed E-state index contributed by atoms with van der Waals surface area (Å²) >= 11 is 0. The van der Waals surface area contributed by atoms with E-state index in [1.165, 1.54) is 6.07 Å². The van der Waals surface area contributed by atoms with Crippen molar-refractivity contribution in [1.82, 2.24) is 4.90 Å². The van der Waals surface area contributed by atoms with E-state index in [0.29, 0.717) is 18.6 Å². The first kappa shape index (κ1) is 13.2. The maximum Gasteiger partial charge on any atom is 0.138 e. The number of ketones is 1. The third kappa shape index (κ3) is 2.78. The number of rotatable bonds is 3. The molecule has 0 N–H and O–H groups in total. The topological polar surface area (TPSA) is 20.3 Å². The summed E-state index contributed by atoms with van der Waals surface area (Å²) in [6, 6.07) is 7.17. The van der Waals surface area contributed by atoms with Gasteiger partial charge < -0.3 is 0 Å². The van der Waals surface area contributed by atoms with Crippen molar-refractivity contribution in [2.45, 2.75) is 32.7 Å². The molecule has 2 atom stereocenters. The first-order valence-electron chi connectivity index (χ1n) is 6.59. The fourth-order valence-corrected chi connectivity index (χ4v) is 2.55. The van der Waals surface area contributed by atoms with Gasteiger partial charge in [0.15, 0.2) is 0 Å². The van der Waals surface area contributed by atoms with E-state index in [4.69, 9.17) is 0 Å². The molecule has 1 heterocycles. The van der Waals surface area contributed by atoms with Crippen molar-refractivity contribution in [3.63, 3.8) is 0 Å². The zero-order valence-electron chi connectivity index (χ0n) is 11.0. The zero-order chi connectivity index (χ0) is 13.1. The molecule has 0 bridgehead atoms. The summed E-state index contributed by atoms with van der Waals surface area (Å²) in [5.41, 5.74) is 0.759. The van der Waals surface area contributed by atoms with Crippen LogP contribution in [-0.4, -0.2) is 29.8 Å². The predicted octanol–water partition coefficient (Wildman–Crippen LogP) is 2.67. The Labute approximate surface area is 108 Å². The van der Waals surface area contributed by atoms with E-state index in [9.17, 15) is 9.18 Å². The first-order valence-corrected chi connectivity index (χ1v) is 6.59. The Hall–Kier alpha value is -1.22. The number of hydrogen-bond donors (Lipinski definition) is 0. The molecular formula is C15H20FNO. The van der Waals surface area contributed by atoms with Crippen LogP contribution in [0.15, 0.2) is 24.3 Å². The lowest BCUT2D eigenvalue weighted by Gasteiger charge is -2.36. The van der Waals surface area contributed by atoms with Gasteiger partial charge in [-0.25, -0.2) is 4.39 Å². The predicted molar refractivity (Wildman–Crippen MR) is 69.9 cm³/mol. The molecule has 3 heteroatoms. The van der Waals surface area contributed by atoms with Crippen LogP contribution in [0.25, 0.3) is 0 Å². The van der Waals surface area contributed by atoms with Gasteiger partial charge in [0.05, 0.1) is 0 Å². The lowest BCUT2D eigenvalue weighted by Crippen LogP contribution is -2.47. The van der Waals surface area contributed by atoms with Crippen LogP contribution in [0.4, 0.5) is 4.39 Å². The molecule has 2 rings (SSSR count). The molecule has 0 aromatic heterocycles. The minimum absolute atomic E-state index is 0.0966. The number of Topliss-reactive ketones (excluding diaryl/α,β-unsaturated/α-hetero) is 1. The number of carbonyl (C=O) groups is 1. The second-order valence-electron chi connectivity index (χ2n) is 5.12. The van der Waals surface area contributed by atoms with Crippen LogP contribution in [0.1, 0.15) is 25.8 Å². The normalized spacial score (nSPS) is 25.4. The van der Waals surface area contributed by atoms with E-state index >= 15 is 0 Å². The van der Waals surface area contributed by atoms with Crippen LogP contribution < -0.4 is 0 Å². The molecule has 1 saturated heterocycles. The van der Waals surface area contributed by atoms with Gasteiger partial charge in [0.1, 0.15) is 11.6 Å². The summed E-state index contributed by atoms with van der Waals surface area (Å²) in [5, 5.41) is 0. The fraction of sp³-hybridized carbons (Fsp3) is 0.533. The average Bonchev–Trinajstić information content (AvgIpc) is 2.37. The molecule has 98 valence electrons. The van der Waals surface area contributed by atoms with Crippen molar-refractivity contribution in [2.75, 3.05) is 13.1 Å². The average molecular weight is 249 g/mol. The van der Waals surface area contributed by atoms with E-state index in [0.717, 1.165) is 18.7 Å². The van der Waals surface area contributed by atoms with Gasteiger partial charge in [-0.05, 0) is 25.0 Å². The fourth-order valence-electron chi connectivity index (χ4n) is 2.55. The molecule has 0 aliphatic carbocycles. The third-order valence-corrected chi connectivity index (χ3v) is 4.08. The van der Waals surface area contributed by atoms with Crippen molar-refractivity contribution in [3.8, 4) is 0 Å². The van der Waals surface area contributed by atoms with Crippen molar-refractivity contribution < 1.29 is 9.18 Å². The number of nitrogens with zero attached hydrogens (tertiary/aromatic N) is 1. The molecule has 1 aliphatic heterocycles. The van der Waals surface area contributed by atoms with E-state index < -0.39 is 0 Å². The zero-order valence-corrected chi connectivity index (χ0v) is 11.0. The van der Waals surface area contributed by atoms with E-state index in [1.807, 2.05) is 19.1 Å². The van der Waals surface area contributed by atoms with Gasteiger partial charge in [-0.1, -0.05) is 25.1 Å². The van der Waals surface area contributed by atoms with Gasteiger partial charge >= 0.3 is 0 Å². The molecule has 0 radical (unpaired) electrons. The largest absolute Gasteiger partial charge is 0.299 e. The Morgan fingerprint density at radius 3 is 2.78 bits per heavy atom. The lowest BCUT2D eigenvalue weighted by atomic mass is 9.90. The lowest BCUT2D eigenvalue weighted by molar-refractivity contribution is -0.127. The van der Waals surface area contributed by atoms with Crippen LogP contribution in [0.5, 0.6) is 0 Å². The standard InChI is InChI=1S/C15H20FNO/c1-11-12(2)17(10-8-15(11)18)9-7-13-5-3-4-6-14(13)16/h3-6,11-12H,7-10H2,1-2H3. The molecule has 2 nitrogen and oxygen atoms in total. The highest BCUT2D eigenvalue weighted by molar-refractivity contribution is 5.82. The number of benzene rings is 1. The van der Waals surface area contributed by atoms with E-state index in [1.54, 1.807) is 6.07 Å². The summed E-state index contributed by atoms with van der Waals surface area (Å²) < 4.78 is 13.5. The van der Waals surface area contributed by atoms with Crippen LogP contribution >= 0.6 is 0 Å². The number of hydrogen-bond acceptors (Lipinski definition) is 2. The van der Waals surface area contributed by atoms with Crippen molar-refractivity contribution in [3.05, 3.63) is 35.6 Å². The SMILES string of the molecule is CC1C(=O)CCN(CCc2ccccc2F)C1C. The highest BCUT2D eigenvalue weighted by Crippen LogP contribution is 2.20. The second-order valence-corrected chi connectivity index (χ2v) is 5.12. The molecule has 0 saturated carbocycles. The first-order chi connectivity index (χ1) is 8.59. The van der Waals surface area contributed by atoms with Gasteiger partial charge in [-0.2, -0.15) is 0 Å².